The molecule has 0 atom stereocenters. The highest BCUT2D eigenvalue weighted by Crippen LogP contribution is 2.14. The number of likely N-dealkylation sites (N-methyl/N-ethyl adjacent to an activating group) is 1. The number of carboxylic acids is 1. The summed E-state index contributed by atoms with van der Waals surface area (Å²) < 4.78 is -1.19. The largest absolute Gasteiger partial charge is 0.633 e. The van der Waals surface area contributed by atoms with Gasteiger partial charge in [0.1, 0.15) is 26.2 Å². The van der Waals surface area contributed by atoms with Gasteiger partial charge in [-0.3, -0.25) is 0 Å². The van der Waals surface area contributed by atoms with E-state index in [0.29, 0.717) is 0 Å². The molecule has 0 aliphatic carbocycles. The Kier molecular flexibility index (Phi) is 2.58. The predicted octanol–water partition coefficient (Wildman–Crippen LogP) is -0.656. The number of hydrogen-bond acceptors (Lipinski definition) is 3. The number of rotatable bonds is 2. The molecule has 6 heteroatoms. The third kappa shape index (κ3) is 2.92. The summed E-state index contributed by atoms with van der Waals surface area (Å²) in [7, 11) is 1.50. The molecule has 0 aromatic rings. The van der Waals surface area contributed by atoms with Gasteiger partial charge in [0.25, 0.3) is 0 Å². The molecule has 0 spiro atoms. The highest BCUT2D eigenvalue weighted by molar-refractivity contribution is 5.68. The first-order valence-electron chi connectivity index (χ1n) is 4.17. The van der Waals surface area contributed by atoms with E-state index in [9.17, 15) is 15.2 Å². The molecule has 1 heterocycles. The Morgan fingerprint density at radius 2 is 1.77 bits per heavy atom. The molecule has 76 valence electrons. The molecule has 0 unspecified atom stereocenters. The maximum atomic E-state index is 11.6. The molecule has 0 amide bonds. The fourth-order valence-electron chi connectivity index (χ4n) is 1.42. The normalized spacial score (nSPS) is 40.2. The van der Waals surface area contributed by atoms with Crippen LogP contribution in [0.4, 0.5) is 0 Å². The van der Waals surface area contributed by atoms with Gasteiger partial charge in [-0.25, -0.2) is 4.79 Å². The molecule has 6 nitrogen and oxygen atoms in total. The molecular formula is C7H14N2O4. The van der Waals surface area contributed by atoms with Crippen LogP contribution in [0, 0.1) is 10.4 Å². The molecule has 0 radical (unpaired) electrons. The van der Waals surface area contributed by atoms with Gasteiger partial charge in [0.05, 0.1) is 7.05 Å². The van der Waals surface area contributed by atoms with Gasteiger partial charge in [-0.15, -0.1) is 0 Å². The summed E-state index contributed by atoms with van der Waals surface area (Å²) in [6, 6.07) is 0. The summed E-state index contributed by atoms with van der Waals surface area (Å²) in [6.07, 6.45) is 0. The van der Waals surface area contributed by atoms with Gasteiger partial charge in [-0.2, -0.15) is 0 Å². The van der Waals surface area contributed by atoms with E-state index in [1.54, 1.807) is 0 Å². The lowest BCUT2D eigenvalue weighted by Gasteiger charge is -2.51. The van der Waals surface area contributed by atoms with E-state index in [0.717, 1.165) is 0 Å². The zero-order valence-corrected chi connectivity index (χ0v) is 7.60. The second-order valence-electron chi connectivity index (χ2n) is 3.80. The molecule has 1 saturated heterocycles. The van der Waals surface area contributed by atoms with Crippen LogP contribution in [0.2, 0.25) is 0 Å². The number of piperazine rings is 1. The first kappa shape index (κ1) is 10.4. The van der Waals surface area contributed by atoms with E-state index in [1.165, 1.54) is 7.05 Å². The molecule has 1 fully saturated rings. The molecule has 0 aromatic carbocycles. The average molecular weight is 190 g/mol. The molecule has 0 aromatic heterocycles. The lowest BCUT2D eigenvalue weighted by Crippen LogP contribution is -2.62. The Hall–Kier alpha value is -0.690. The maximum absolute atomic E-state index is 11.6. The number of hydrogen-bond donors (Lipinski definition) is 1. The highest BCUT2D eigenvalue weighted by atomic mass is 16.6. The fourth-order valence-corrected chi connectivity index (χ4v) is 1.42. The van der Waals surface area contributed by atoms with Crippen molar-refractivity contribution in [3.8, 4) is 0 Å². The summed E-state index contributed by atoms with van der Waals surface area (Å²) in [5.41, 5.74) is 0. The van der Waals surface area contributed by atoms with Crippen molar-refractivity contribution < 1.29 is 19.2 Å². The van der Waals surface area contributed by atoms with Crippen LogP contribution in [-0.2, 0) is 4.79 Å². The van der Waals surface area contributed by atoms with E-state index in [2.05, 4.69) is 0 Å². The number of carboxylic acid groups (broad SMARTS) is 1. The summed E-state index contributed by atoms with van der Waals surface area (Å²) >= 11 is 0. The molecule has 0 saturated carbocycles. The smallest absolute Gasteiger partial charge is 0.359 e. The Bertz CT molecular complexity index is 207. The maximum Gasteiger partial charge on any atom is 0.359 e. The number of carbonyl (C=O) groups is 1. The Balaban J connectivity index is 2.51. The highest BCUT2D eigenvalue weighted by Gasteiger charge is 2.31. The molecule has 1 aliphatic rings. The molecule has 13 heavy (non-hydrogen) atoms. The van der Waals surface area contributed by atoms with Crippen LogP contribution in [0.3, 0.4) is 0 Å². The second-order valence-corrected chi connectivity index (χ2v) is 3.80. The van der Waals surface area contributed by atoms with Crippen molar-refractivity contribution in [1.29, 1.82) is 0 Å². The van der Waals surface area contributed by atoms with E-state index < -0.39 is 21.8 Å². The van der Waals surface area contributed by atoms with E-state index in [-0.39, 0.29) is 26.2 Å². The van der Waals surface area contributed by atoms with Crippen molar-refractivity contribution in [1.82, 2.24) is 0 Å². The second kappa shape index (κ2) is 3.22. The van der Waals surface area contributed by atoms with Crippen molar-refractivity contribution in [2.75, 3.05) is 39.8 Å². The van der Waals surface area contributed by atoms with Gasteiger partial charge in [-0.05, 0) is 0 Å². The number of nitrogens with zero attached hydrogens (tertiary/aromatic N) is 2. The van der Waals surface area contributed by atoms with E-state index in [4.69, 9.17) is 5.11 Å². The summed E-state index contributed by atoms with van der Waals surface area (Å²) in [5, 5.41) is 31.4. The third-order valence-electron chi connectivity index (χ3n) is 2.38. The van der Waals surface area contributed by atoms with Crippen molar-refractivity contribution >= 4 is 5.97 Å². The monoisotopic (exact) mass is 190 g/mol. The van der Waals surface area contributed by atoms with Crippen LogP contribution >= 0.6 is 0 Å². The lowest BCUT2D eigenvalue weighted by atomic mass is 10.3. The van der Waals surface area contributed by atoms with Gasteiger partial charge in [0.2, 0.25) is 0 Å². The Labute approximate surface area is 76.3 Å². The van der Waals surface area contributed by atoms with Crippen LogP contribution in [-0.4, -0.2) is 60.1 Å². The van der Waals surface area contributed by atoms with Gasteiger partial charge in [0, 0.05) is 0 Å². The van der Waals surface area contributed by atoms with Gasteiger partial charge >= 0.3 is 5.97 Å². The quantitative estimate of drug-likeness (QED) is 0.463. The summed E-state index contributed by atoms with van der Waals surface area (Å²) in [6.45, 7) is 0.187. The Morgan fingerprint density at radius 3 is 2.15 bits per heavy atom. The minimum Gasteiger partial charge on any atom is -0.633 e. The standard InChI is InChI=1S/C7H14N2O4/c1-8(12)2-4-9(13,5-3-8)6-7(10)11/h2-6H2,1H3,(H,10,11). The van der Waals surface area contributed by atoms with Crippen LogP contribution in [0.15, 0.2) is 0 Å². The van der Waals surface area contributed by atoms with Gasteiger partial charge in [-0.1, -0.05) is 0 Å². The zero-order valence-electron chi connectivity index (χ0n) is 7.60. The minimum atomic E-state index is -1.10. The lowest BCUT2D eigenvalue weighted by molar-refractivity contribution is -0.977. The first-order chi connectivity index (χ1) is 5.83. The van der Waals surface area contributed by atoms with Crippen molar-refractivity contribution in [2.45, 2.75) is 0 Å². The summed E-state index contributed by atoms with van der Waals surface area (Å²) in [5.74, 6) is -1.10. The number of quaternary nitrogens is 2. The van der Waals surface area contributed by atoms with Crippen LogP contribution in [0.25, 0.3) is 0 Å². The zero-order chi connectivity index (χ0) is 10.1. The summed E-state index contributed by atoms with van der Waals surface area (Å²) in [4.78, 5) is 10.3. The topological polar surface area (TPSA) is 83.4 Å². The average Bonchev–Trinajstić information content (AvgIpc) is 1.95. The molecule has 1 rings (SSSR count). The first-order valence-corrected chi connectivity index (χ1v) is 4.17. The van der Waals surface area contributed by atoms with E-state index in [1.807, 2.05) is 0 Å². The minimum absolute atomic E-state index is 0.103. The van der Waals surface area contributed by atoms with Gasteiger partial charge < -0.3 is 24.8 Å². The van der Waals surface area contributed by atoms with Crippen LogP contribution in [0.1, 0.15) is 0 Å². The van der Waals surface area contributed by atoms with Gasteiger partial charge in [0.15, 0.2) is 6.54 Å². The van der Waals surface area contributed by atoms with Crippen molar-refractivity contribution in [3.05, 3.63) is 10.4 Å². The molecule has 0 bridgehead atoms. The molecule has 1 aliphatic heterocycles. The fraction of sp³-hybridized carbons (Fsp3) is 0.857. The SMILES string of the molecule is C[N+]1([O-])CC[N+]([O-])(CC(=O)O)CC1. The molecular weight excluding hydrogens is 176 g/mol. The van der Waals surface area contributed by atoms with Crippen LogP contribution in [0.5, 0.6) is 0 Å². The number of aliphatic carboxylic acids is 1. The number of hydroxylamine groups is 6. The molecule has 1 N–H and O–H groups in total. The predicted molar refractivity (Wildman–Crippen MR) is 45.1 cm³/mol. The van der Waals surface area contributed by atoms with Crippen molar-refractivity contribution in [2.24, 2.45) is 0 Å². The van der Waals surface area contributed by atoms with Crippen LogP contribution < -0.4 is 0 Å². The Morgan fingerprint density at radius 1 is 1.31 bits per heavy atom. The van der Waals surface area contributed by atoms with Crippen molar-refractivity contribution in [3.63, 3.8) is 0 Å². The van der Waals surface area contributed by atoms with E-state index >= 15 is 0 Å². The third-order valence-corrected chi connectivity index (χ3v) is 2.38.